The van der Waals surface area contributed by atoms with E-state index in [1.807, 2.05) is 36.5 Å². The average molecular weight is 550 g/mol. The van der Waals surface area contributed by atoms with Gasteiger partial charge in [0.25, 0.3) is 10.1 Å². The summed E-state index contributed by atoms with van der Waals surface area (Å²) in [7, 11) is -3.42. The first-order valence-corrected chi connectivity index (χ1v) is 13.9. The highest BCUT2D eigenvalue weighted by molar-refractivity contribution is 9.10. The van der Waals surface area contributed by atoms with Gasteiger partial charge >= 0.3 is 0 Å². The molecule has 0 unspecified atom stereocenters. The molecule has 0 saturated heterocycles. The van der Waals surface area contributed by atoms with Crippen LogP contribution in [-0.2, 0) is 27.1 Å². The highest BCUT2D eigenvalue weighted by atomic mass is 79.9. The molecule has 0 radical (unpaired) electrons. The summed E-state index contributed by atoms with van der Waals surface area (Å²) in [4.78, 5) is 9.46. The van der Waals surface area contributed by atoms with Gasteiger partial charge in [0.1, 0.15) is 0 Å². The summed E-state index contributed by atoms with van der Waals surface area (Å²) in [5.74, 6) is 0.794. The second-order valence-corrected chi connectivity index (χ2v) is 11.1. The Kier molecular flexibility index (Phi) is 6.69. The van der Waals surface area contributed by atoms with Gasteiger partial charge in [-0.15, -0.1) is 0 Å². The Morgan fingerprint density at radius 2 is 1.77 bits per heavy atom. The van der Waals surface area contributed by atoms with E-state index in [2.05, 4.69) is 68.7 Å². The van der Waals surface area contributed by atoms with Crippen LogP contribution in [0.2, 0.25) is 0 Å². The van der Waals surface area contributed by atoms with Crippen molar-refractivity contribution in [3.05, 3.63) is 106 Å². The molecule has 178 valence electrons. The number of hydrogen-bond acceptors (Lipinski definition) is 6. The summed E-state index contributed by atoms with van der Waals surface area (Å²) >= 11 is 3.53. The number of rotatable bonds is 7. The molecule has 8 heteroatoms. The van der Waals surface area contributed by atoms with E-state index >= 15 is 0 Å². The lowest BCUT2D eigenvalue weighted by Crippen LogP contribution is -2.15. The van der Waals surface area contributed by atoms with E-state index in [4.69, 9.17) is 9.17 Å². The third kappa shape index (κ3) is 5.61. The molecule has 0 saturated carbocycles. The monoisotopic (exact) mass is 549 g/mol. The Balaban J connectivity index is 1.36. The van der Waals surface area contributed by atoms with E-state index in [1.54, 1.807) is 0 Å². The number of aromatic nitrogens is 2. The largest absolute Gasteiger partial charge is 0.324 e. The van der Waals surface area contributed by atoms with Gasteiger partial charge in [0, 0.05) is 27.8 Å². The third-order valence-corrected chi connectivity index (χ3v) is 7.17. The molecular weight excluding hydrogens is 526 g/mol. The molecule has 35 heavy (non-hydrogen) atoms. The zero-order valence-electron chi connectivity index (χ0n) is 19.1. The maximum atomic E-state index is 11.1. The summed E-state index contributed by atoms with van der Waals surface area (Å²) in [6, 6.07) is 24.7. The fourth-order valence-corrected chi connectivity index (χ4v) is 5.03. The number of anilines is 2. The van der Waals surface area contributed by atoms with E-state index in [-0.39, 0.29) is 12.5 Å². The van der Waals surface area contributed by atoms with Crippen LogP contribution in [0.25, 0.3) is 11.3 Å². The van der Waals surface area contributed by atoms with Crippen molar-refractivity contribution >= 4 is 37.7 Å². The maximum absolute atomic E-state index is 11.1. The van der Waals surface area contributed by atoms with Crippen molar-refractivity contribution < 1.29 is 12.6 Å². The highest BCUT2D eigenvalue weighted by Crippen LogP contribution is 2.42. The van der Waals surface area contributed by atoms with Crippen LogP contribution < -0.4 is 5.32 Å². The Morgan fingerprint density at radius 1 is 1.03 bits per heavy atom. The Morgan fingerprint density at radius 3 is 2.51 bits per heavy atom. The molecule has 0 bridgehead atoms. The minimum atomic E-state index is -3.42. The molecule has 1 atom stereocenters. The molecule has 1 heterocycles. The molecule has 0 fully saturated rings. The van der Waals surface area contributed by atoms with Gasteiger partial charge in [0.2, 0.25) is 5.95 Å². The molecule has 0 aliphatic heterocycles. The van der Waals surface area contributed by atoms with Crippen molar-refractivity contribution in [1.82, 2.24) is 9.97 Å². The first kappa shape index (κ1) is 23.7. The van der Waals surface area contributed by atoms with Gasteiger partial charge in [-0.2, -0.15) is 8.42 Å². The summed E-state index contributed by atoms with van der Waals surface area (Å²) < 4.78 is 28.1. The van der Waals surface area contributed by atoms with Gasteiger partial charge < -0.3 is 5.32 Å². The van der Waals surface area contributed by atoms with E-state index in [0.717, 1.165) is 45.2 Å². The van der Waals surface area contributed by atoms with Crippen molar-refractivity contribution in [3.8, 4) is 11.3 Å². The van der Waals surface area contributed by atoms with Gasteiger partial charge in [-0.1, -0.05) is 64.5 Å². The van der Waals surface area contributed by atoms with Crippen molar-refractivity contribution in [2.24, 2.45) is 0 Å². The van der Waals surface area contributed by atoms with Crippen LogP contribution in [0.4, 0.5) is 11.6 Å². The minimum absolute atomic E-state index is 0.125. The fourth-order valence-electron chi connectivity index (χ4n) is 4.38. The van der Waals surface area contributed by atoms with Crippen LogP contribution in [0, 0.1) is 0 Å². The standard InChI is InChI=1S/C27H24BrN3O3S/c1-35(32,33)34-15-14-18-6-12-22(13-7-18)30-27-29-17-20-16-25(19-8-10-21(28)11-9-19)23-4-2-3-5-24(23)26(20)31-27/h2-13,17,25H,14-16H2,1H3,(H,29,30,31)/t25-/m0/s1. The van der Waals surface area contributed by atoms with Crippen LogP contribution in [0.3, 0.4) is 0 Å². The Bertz CT molecular complexity index is 1460. The highest BCUT2D eigenvalue weighted by Gasteiger charge is 2.27. The van der Waals surface area contributed by atoms with Crippen LogP contribution in [0.1, 0.15) is 28.2 Å². The van der Waals surface area contributed by atoms with E-state index < -0.39 is 10.1 Å². The van der Waals surface area contributed by atoms with Crippen molar-refractivity contribution in [3.63, 3.8) is 0 Å². The van der Waals surface area contributed by atoms with Crippen LogP contribution in [0.5, 0.6) is 0 Å². The molecule has 1 aromatic heterocycles. The van der Waals surface area contributed by atoms with E-state index in [1.165, 1.54) is 11.1 Å². The molecule has 6 nitrogen and oxygen atoms in total. The molecule has 3 aromatic carbocycles. The zero-order valence-corrected chi connectivity index (χ0v) is 21.5. The summed E-state index contributed by atoms with van der Waals surface area (Å²) in [5.41, 5.74) is 7.61. The normalized spacial score (nSPS) is 14.7. The Labute approximate surface area is 213 Å². The SMILES string of the molecule is CS(=O)(=O)OCCc1ccc(Nc2ncc3c(n2)-c2ccccc2[C@H](c2ccc(Br)cc2)C3)cc1. The lowest BCUT2D eigenvalue weighted by Gasteiger charge is -2.27. The predicted octanol–water partition coefficient (Wildman–Crippen LogP) is 5.86. The number of halogens is 1. The summed E-state index contributed by atoms with van der Waals surface area (Å²) in [6.45, 7) is 0.125. The number of fused-ring (bicyclic) bond motifs is 3. The van der Waals surface area contributed by atoms with E-state index in [9.17, 15) is 8.42 Å². The number of hydrogen-bond donors (Lipinski definition) is 1. The van der Waals surface area contributed by atoms with Gasteiger partial charge in [-0.25, -0.2) is 9.97 Å². The Hall–Kier alpha value is -3.07. The first-order valence-electron chi connectivity index (χ1n) is 11.3. The average Bonchev–Trinajstić information content (AvgIpc) is 2.85. The summed E-state index contributed by atoms with van der Waals surface area (Å²) in [5, 5.41) is 3.29. The second kappa shape index (κ2) is 9.89. The van der Waals surface area contributed by atoms with Crippen LogP contribution in [0.15, 0.2) is 83.5 Å². The molecule has 1 aliphatic carbocycles. The lowest BCUT2D eigenvalue weighted by atomic mass is 9.78. The van der Waals surface area contributed by atoms with Gasteiger partial charge in [-0.05, 0) is 59.4 Å². The topological polar surface area (TPSA) is 81.2 Å². The van der Waals surface area contributed by atoms with Crippen molar-refractivity contribution in [2.45, 2.75) is 18.8 Å². The smallest absolute Gasteiger partial charge is 0.264 e. The van der Waals surface area contributed by atoms with Crippen molar-refractivity contribution in [1.29, 1.82) is 0 Å². The van der Waals surface area contributed by atoms with Crippen LogP contribution >= 0.6 is 15.9 Å². The molecule has 1 aliphatic rings. The van der Waals surface area contributed by atoms with Gasteiger partial charge in [0.15, 0.2) is 0 Å². The van der Waals surface area contributed by atoms with Crippen LogP contribution in [-0.4, -0.2) is 31.2 Å². The van der Waals surface area contributed by atoms with Gasteiger partial charge in [0.05, 0.1) is 18.6 Å². The fraction of sp³-hybridized carbons (Fsp3) is 0.185. The van der Waals surface area contributed by atoms with Gasteiger partial charge in [-0.3, -0.25) is 4.18 Å². The number of benzene rings is 3. The van der Waals surface area contributed by atoms with Crippen molar-refractivity contribution in [2.75, 3.05) is 18.2 Å². The predicted molar refractivity (Wildman–Crippen MR) is 141 cm³/mol. The molecule has 1 N–H and O–H groups in total. The number of nitrogens with zero attached hydrogens (tertiary/aromatic N) is 2. The zero-order chi connectivity index (χ0) is 24.4. The first-order chi connectivity index (χ1) is 16.9. The third-order valence-electron chi connectivity index (χ3n) is 6.05. The molecular formula is C27H24BrN3O3S. The lowest BCUT2D eigenvalue weighted by molar-refractivity contribution is 0.326. The quantitative estimate of drug-likeness (QED) is 0.291. The molecule has 0 spiro atoms. The summed E-state index contributed by atoms with van der Waals surface area (Å²) in [6.07, 6.45) is 4.33. The maximum Gasteiger partial charge on any atom is 0.264 e. The minimum Gasteiger partial charge on any atom is -0.324 e. The van der Waals surface area contributed by atoms with E-state index in [0.29, 0.717) is 12.4 Å². The number of nitrogens with one attached hydrogen (secondary N) is 1. The molecule has 0 amide bonds. The molecule has 4 aromatic rings. The molecule has 5 rings (SSSR count). The second-order valence-electron chi connectivity index (χ2n) is 8.56.